The van der Waals surface area contributed by atoms with Crippen molar-refractivity contribution in [1.82, 2.24) is 0 Å². The van der Waals surface area contributed by atoms with E-state index in [-0.39, 0.29) is 0 Å². The van der Waals surface area contributed by atoms with Gasteiger partial charge in [0.15, 0.2) is 0 Å². The van der Waals surface area contributed by atoms with Crippen LogP contribution in [0.25, 0.3) is 11.1 Å². The molecule has 1 heterocycles. The average Bonchev–Trinajstić information content (AvgIpc) is 2.61. The maximum Gasteiger partial charge on any atom is 0.0797 e. The second kappa shape index (κ2) is 4.62. The molecule has 0 nitrogen and oxygen atoms in total. The first kappa shape index (κ1) is 10.4. The number of rotatable bonds is 2. The van der Waals surface area contributed by atoms with E-state index in [9.17, 15) is 0 Å². The van der Waals surface area contributed by atoms with Crippen LogP contribution in [0, 0.1) is 0 Å². The van der Waals surface area contributed by atoms with Gasteiger partial charge in [-0.2, -0.15) is 0 Å². The molecule has 4 heteroatoms. The molecule has 14 heavy (non-hydrogen) atoms. The van der Waals surface area contributed by atoms with Gasteiger partial charge in [-0.05, 0) is 16.4 Å². The summed E-state index contributed by atoms with van der Waals surface area (Å²) in [5.74, 6) is 0. The van der Waals surface area contributed by atoms with Crippen molar-refractivity contribution in [2.75, 3.05) is 0 Å². The highest BCUT2D eigenvalue weighted by atomic mass is 35.5. The highest BCUT2D eigenvalue weighted by Gasteiger charge is 2.11. The standard InChI is InChI=1S/C10H7ClS3/c11-8-6-13-10(14-12)9(8)7-4-2-1-3-5-7/h1-6,12H. The number of thiophene rings is 1. The largest absolute Gasteiger partial charge is 0.134 e. The smallest absolute Gasteiger partial charge is 0.0797 e. The van der Waals surface area contributed by atoms with Crippen LogP contribution in [0.3, 0.4) is 0 Å². The van der Waals surface area contributed by atoms with Crippen molar-refractivity contribution in [3.8, 4) is 11.1 Å². The third-order valence-electron chi connectivity index (χ3n) is 1.86. The van der Waals surface area contributed by atoms with Crippen LogP contribution < -0.4 is 0 Å². The summed E-state index contributed by atoms with van der Waals surface area (Å²) in [7, 11) is 1.44. The van der Waals surface area contributed by atoms with Gasteiger partial charge < -0.3 is 0 Å². The lowest BCUT2D eigenvalue weighted by Crippen LogP contribution is -1.74. The van der Waals surface area contributed by atoms with Crippen LogP contribution in [0.4, 0.5) is 0 Å². The van der Waals surface area contributed by atoms with Crippen molar-refractivity contribution in [3.63, 3.8) is 0 Å². The number of hydrogen-bond donors (Lipinski definition) is 1. The Labute approximate surface area is 101 Å². The first-order chi connectivity index (χ1) is 6.83. The third kappa shape index (κ3) is 1.96. The minimum Gasteiger partial charge on any atom is -0.134 e. The Morgan fingerprint density at radius 1 is 1.21 bits per heavy atom. The van der Waals surface area contributed by atoms with Gasteiger partial charge in [0.1, 0.15) is 0 Å². The highest BCUT2D eigenvalue weighted by molar-refractivity contribution is 8.69. The molecule has 2 rings (SSSR count). The first-order valence-electron chi connectivity index (χ1n) is 3.96. The van der Waals surface area contributed by atoms with E-state index in [2.05, 4.69) is 23.8 Å². The number of thiol groups is 1. The molecule has 72 valence electrons. The fourth-order valence-corrected chi connectivity index (χ4v) is 3.67. The molecular weight excluding hydrogens is 252 g/mol. The van der Waals surface area contributed by atoms with Crippen molar-refractivity contribution in [1.29, 1.82) is 0 Å². The first-order valence-corrected chi connectivity index (χ1v) is 7.09. The minimum absolute atomic E-state index is 0.803. The van der Waals surface area contributed by atoms with Crippen LogP contribution in [0.5, 0.6) is 0 Å². The number of hydrogen-bond acceptors (Lipinski definition) is 3. The molecule has 0 saturated heterocycles. The van der Waals surface area contributed by atoms with Gasteiger partial charge in [-0.1, -0.05) is 41.9 Å². The molecule has 0 aliphatic carbocycles. The van der Waals surface area contributed by atoms with Gasteiger partial charge in [0.05, 0.1) is 9.23 Å². The monoisotopic (exact) mass is 258 g/mol. The summed E-state index contributed by atoms with van der Waals surface area (Å²) in [4.78, 5) is 0. The molecule has 0 aliphatic heterocycles. The van der Waals surface area contributed by atoms with Crippen molar-refractivity contribution in [2.45, 2.75) is 4.21 Å². The lowest BCUT2D eigenvalue weighted by atomic mass is 10.1. The van der Waals surface area contributed by atoms with E-state index in [0.29, 0.717) is 0 Å². The van der Waals surface area contributed by atoms with Crippen LogP contribution in [-0.4, -0.2) is 0 Å². The quantitative estimate of drug-likeness (QED) is 0.584. The van der Waals surface area contributed by atoms with E-state index in [4.69, 9.17) is 11.6 Å². The second-order valence-electron chi connectivity index (χ2n) is 2.70. The zero-order valence-corrected chi connectivity index (χ0v) is 10.4. The van der Waals surface area contributed by atoms with Crippen LogP contribution >= 0.6 is 45.4 Å². The predicted molar refractivity (Wildman–Crippen MR) is 69.6 cm³/mol. The molecule has 0 amide bonds. The summed E-state index contributed by atoms with van der Waals surface area (Å²) in [5.41, 5.74) is 2.24. The molecule has 0 N–H and O–H groups in total. The van der Waals surface area contributed by atoms with Crippen LogP contribution in [0.15, 0.2) is 39.9 Å². The second-order valence-corrected chi connectivity index (χ2v) is 5.39. The summed E-state index contributed by atoms with van der Waals surface area (Å²) >= 11 is 12.0. The predicted octanol–water partition coefficient (Wildman–Crippen LogP) is 5.01. The van der Waals surface area contributed by atoms with Gasteiger partial charge >= 0.3 is 0 Å². The number of benzene rings is 1. The lowest BCUT2D eigenvalue weighted by Gasteiger charge is -2.01. The average molecular weight is 259 g/mol. The minimum atomic E-state index is 0.803. The van der Waals surface area contributed by atoms with E-state index < -0.39 is 0 Å². The molecule has 2 aromatic rings. The maximum absolute atomic E-state index is 6.12. The summed E-state index contributed by atoms with van der Waals surface area (Å²) in [5, 5.41) is 2.75. The molecule has 0 bridgehead atoms. The zero-order chi connectivity index (χ0) is 9.97. The molecule has 0 atom stereocenters. The van der Waals surface area contributed by atoms with Gasteiger partial charge in [-0.3, -0.25) is 0 Å². The summed E-state index contributed by atoms with van der Waals surface area (Å²) in [6.45, 7) is 0. The molecule has 1 aromatic carbocycles. The molecule has 0 spiro atoms. The van der Waals surface area contributed by atoms with Crippen molar-refractivity contribution >= 4 is 45.4 Å². The highest BCUT2D eigenvalue weighted by Crippen LogP contribution is 2.43. The van der Waals surface area contributed by atoms with E-state index >= 15 is 0 Å². The van der Waals surface area contributed by atoms with Crippen molar-refractivity contribution in [2.24, 2.45) is 0 Å². The lowest BCUT2D eigenvalue weighted by molar-refractivity contribution is 1.61. The molecule has 0 aliphatic rings. The Bertz CT molecular complexity index is 422. The molecule has 0 fully saturated rings. The van der Waals surface area contributed by atoms with Crippen LogP contribution in [-0.2, 0) is 0 Å². The van der Waals surface area contributed by atoms with E-state index in [1.54, 1.807) is 11.3 Å². The fourth-order valence-electron chi connectivity index (χ4n) is 1.25. The molecule has 0 radical (unpaired) electrons. The SMILES string of the molecule is SSc1scc(Cl)c1-c1ccccc1. The maximum atomic E-state index is 6.12. The Kier molecular flexibility index (Phi) is 3.44. The zero-order valence-electron chi connectivity index (χ0n) is 7.11. The Balaban J connectivity index is 2.55. The van der Waals surface area contributed by atoms with Crippen LogP contribution in [0.1, 0.15) is 0 Å². The van der Waals surface area contributed by atoms with Crippen molar-refractivity contribution in [3.05, 3.63) is 40.7 Å². The molecule has 0 unspecified atom stereocenters. The van der Waals surface area contributed by atoms with E-state index in [0.717, 1.165) is 20.4 Å². The van der Waals surface area contributed by atoms with Gasteiger partial charge in [0, 0.05) is 10.9 Å². The van der Waals surface area contributed by atoms with Gasteiger partial charge in [-0.25, -0.2) is 0 Å². The number of halogens is 1. The summed E-state index contributed by atoms with van der Waals surface area (Å²) in [6, 6.07) is 10.1. The van der Waals surface area contributed by atoms with Gasteiger partial charge in [0.25, 0.3) is 0 Å². The fraction of sp³-hybridized carbons (Fsp3) is 0. The summed E-state index contributed by atoms with van der Waals surface area (Å²) in [6.07, 6.45) is 0. The van der Waals surface area contributed by atoms with Gasteiger partial charge in [-0.15, -0.1) is 23.0 Å². The normalized spacial score (nSPS) is 10.4. The Morgan fingerprint density at radius 3 is 2.57 bits per heavy atom. The van der Waals surface area contributed by atoms with E-state index in [1.807, 2.05) is 23.6 Å². The topological polar surface area (TPSA) is 0 Å². The molecule has 1 aromatic heterocycles. The Morgan fingerprint density at radius 2 is 1.93 bits per heavy atom. The van der Waals surface area contributed by atoms with Crippen LogP contribution in [0.2, 0.25) is 5.02 Å². The van der Waals surface area contributed by atoms with Gasteiger partial charge in [0.2, 0.25) is 0 Å². The van der Waals surface area contributed by atoms with E-state index in [1.165, 1.54) is 10.8 Å². The van der Waals surface area contributed by atoms with Crippen molar-refractivity contribution < 1.29 is 0 Å². The molecular formula is C10H7ClS3. The third-order valence-corrected chi connectivity index (χ3v) is 4.88. The molecule has 0 saturated carbocycles. The summed E-state index contributed by atoms with van der Waals surface area (Å²) < 4.78 is 1.14. The Hall–Kier alpha value is -0.0900.